The molecular formula is C14H28N2O2. The summed E-state index contributed by atoms with van der Waals surface area (Å²) in [5, 5.41) is 13.5. The van der Waals surface area contributed by atoms with Gasteiger partial charge in [0, 0.05) is 20.1 Å². The number of hydrogen-bond donors (Lipinski definition) is 2. The van der Waals surface area contributed by atoms with Crippen molar-refractivity contribution >= 4 is 5.91 Å². The molecule has 0 radical (unpaired) electrons. The SMILES string of the molecule is CCC1CCC(O)(CNCC(=O)N(C)CC)CC1. The molecule has 1 amide bonds. The fourth-order valence-electron chi connectivity index (χ4n) is 2.51. The molecule has 0 heterocycles. The van der Waals surface area contributed by atoms with Gasteiger partial charge in [-0.2, -0.15) is 0 Å². The number of hydrogen-bond acceptors (Lipinski definition) is 3. The molecule has 1 aliphatic rings. The normalized spacial score (nSPS) is 28.1. The van der Waals surface area contributed by atoms with Crippen LogP contribution in [0.5, 0.6) is 0 Å². The van der Waals surface area contributed by atoms with Gasteiger partial charge in [-0.05, 0) is 38.5 Å². The lowest BCUT2D eigenvalue weighted by atomic mass is 9.78. The molecule has 1 saturated carbocycles. The van der Waals surface area contributed by atoms with E-state index in [1.165, 1.54) is 6.42 Å². The van der Waals surface area contributed by atoms with Crippen LogP contribution in [0.2, 0.25) is 0 Å². The van der Waals surface area contributed by atoms with Gasteiger partial charge in [0.1, 0.15) is 0 Å². The van der Waals surface area contributed by atoms with Gasteiger partial charge in [0.25, 0.3) is 0 Å². The molecule has 0 atom stereocenters. The third-order valence-electron chi connectivity index (χ3n) is 4.24. The quantitative estimate of drug-likeness (QED) is 0.755. The van der Waals surface area contributed by atoms with Crippen LogP contribution in [0, 0.1) is 5.92 Å². The van der Waals surface area contributed by atoms with Crippen molar-refractivity contribution in [2.24, 2.45) is 5.92 Å². The lowest BCUT2D eigenvalue weighted by molar-refractivity contribution is -0.129. The number of rotatable bonds is 6. The second kappa shape index (κ2) is 7.10. The van der Waals surface area contributed by atoms with Crippen LogP contribution in [0.3, 0.4) is 0 Å². The minimum absolute atomic E-state index is 0.0864. The summed E-state index contributed by atoms with van der Waals surface area (Å²) in [5.41, 5.74) is -0.600. The fourth-order valence-corrected chi connectivity index (χ4v) is 2.51. The van der Waals surface area contributed by atoms with Crippen molar-refractivity contribution in [3.8, 4) is 0 Å². The number of nitrogens with zero attached hydrogens (tertiary/aromatic N) is 1. The van der Waals surface area contributed by atoms with Crippen molar-refractivity contribution in [1.29, 1.82) is 0 Å². The second-order valence-corrected chi connectivity index (χ2v) is 5.59. The van der Waals surface area contributed by atoms with Crippen LogP contribution in [0.15, 0.2) is 0 Å². The standard InChI is InChI=1S/C14H28N2O2/c1-4-12-6-8-14(18,9-7-12)11-15-10-13(17)16(3)5-2/h12,15,18H,4-11H2,1-3H3. The Morgan fingerprint density at radius 3 is 2.50 bits per heavy atom. The third kappa shape index (κ3) is 4.58. The van der Waals surface area contributed by atoms with Crippen LogP contribution in [-0.2, 0) is 4.79 Å². The Morgan fingerprint density at radius 2 is 2.00 bits per heavy atom. The summed E-state index contributed by atoms with van der Waals surface area (Å²) in [6.07, 6.45) is 5.14. The first-order chi connectivity index (χ1) is 8.50. The maximum atomic E-state index is 11.6. The first kappa shape index (κ1) is 15.4. The van der Waals surface area contributed by atoms with Crippen LogP contribution in [0.25, 0.3) is 0 Å². The van der Waals surface area contributed by atoms with E-state index in [0.717, 1.165) is 38.1 Å². The number of carbonyl (C=O) groups excluding carboxylic acids is 1. The Labute approximate surface area is 111 Å². The second-order valence-electron chi connectivity index (χ2n) is 5.59. The van der Waals surface area contributed by atoms with E-state index in [0.29, 0.717) is 13.1 Å². The Kier molecular flexibility index (Phi) is 6.09. The van der Waals surface area contributed by atoms with E-state index in [-0.39, 0.29) is 5.91 Å². The number of aliphatic hydroxyl groups is 1. The minimum Gasteiger partial charge on any atom is -0.389 e. The molecule has 1 rings (SSSR count). The number of carbonyl (C=O) groups is 1. The molecular weight excluding hydrogens is 228 g/mol. The lowest BCUT2D eigenvalue weighted by Gasteiger charge is -2.36. The highest BCUT2D eigenvalue weighted by Gasteiger charge is 2.32. The fraction of sp³-hybridized carbons (Fsp3) is 0.929. The molecule has 106 valence electrons. The molecule has 0 saturated heterocycles. The Balaban J connectivity index is 2.25. The van der Waals surface area contributed by atoms with Crippen LogP contribution >= 0.6 is 0 Å². The lowest BCUT2D eigenvalue weighted by Crippen LogP contribution is -2.46. The molecule has 2 N–H and O–H groups in total. The topological polar surface area (TPSA) is 52.6 Å². The average Bonchev–Trinajstić information content (AvgIpc) is 2.38. The first-order valence-electron chi connectivity index (χ1n) is 7.18. The summed E-state index contributed by atoms with van der Waals surface area (Å²) >= 11 is 0. The summed E-state index contributed by atoms with van der Waals surface area (Å²) < 4.78 is 0. The Morgan fingerprint density at radius 1 is 1.39 bits per heavy atom. The highest BCUT2D eigenvalue weighted by Crippen LogP contribution is 2.33. The zero-order valence-corrected chi connectivity index (χ0v) is 12.0. The highest BCUT2D eigenvalue weighted by atomic mass is 16.3. The predicted molar refractivity (Wildman–Crippen MR) is 73.4 cm³/mol. The maximum absolute atomic E-state index is 11.6. The Bertz CT molecular complexity index is 261. The van der Waals surface area contributed by atoms with Crippen LogP contribution < -0.4 is 5.32 Å². The largest absolute Gasteiger partial charge is 0.389 e. The molecule has 0 aromatic carbocycles. The number of nitrogens with one attached hydrogen (secondary N) is 1. The van der Waals surface area contributed by atoms with Gasteiger partial charge in [0.05, 0.1) is 12.1 Å². The molecule has 1 fully saturated rings. The van der Waals surface area contributed by atoms with Gasteiger partial charge < -0.3 is 15.3 Å². The monoisotopic (exact) mass is 256 g/mol. The van der Waals surface area contributed by atoms with E-state index in [4.69, 9.17) is 0 Å². The molecule has 0 unspecified atom stereocenters. The van der Waals surface area contributed by atoms with Crippen LogP contribution in [-0.4, -0.2) is 48.2 Å². The van der Waals surface area contributed by atoms with E-state index < -0.39 is 5.60 Å². The van der Waals surface area contributed by atoms with Crippen molar-refractivity contribution < 1.29 is 9.90 Å². The predicted octanol–water partition coefficient (Wildman–Crippen LogP) is 1.39. The van der Waals surface area contributed by atoms with E-state index in [9.17, 15) is 9.90 Å². The van der Waals surface area contributed by atoms with E-state index in [2.05, 4.69) is 12.2 Å². The third-order valence-corrected chi connectivity index (χ3v) is 4.24. The smallest absolute Gasteiger partial charge is 0.236 e. The summed E-state index contributed by atoms with van der Waals surface area (Å²) in [6, 6.07) is 0. The zero-order valence-electron chi connectivity index (χ0n) is 12.0. The van der Waals surface area contributed by atoms with Gasteiger partial charge in [0.15, 0.2) is 0 Å². The van der Waals surface area contributed by atoms with Crippen molar-refractivity contribution in [3.63, 3.8) is 0 Å². The summed E-state index contributed by atoms with van der Waals surface area (Å²) in [5.74, 6) is 0.862. The van der Waals surface area contributed by atoms with E-state index in [1.54, 1.807) is 11.9 Å². The molecule has 4 nitrogen and oxygen atoms in total. The molecule has 0 aliphatic heterocycles. The van der Waals surface area contributed by atoms with Crippen molar-refractivity contribution in [3.05, 3.63) is 0 Å². The summed E-state index contributed by atoms with van der Waals surface area (Å²) in [7, 11) is 1.80. The molecule has 4 heteroatoms. The van der Waals surface area contributed by atoms with E-state index >= 15 is 0 Å². The highest BCUT2D eigenvalue weighted by molar-refractivity contribution is 5.77. The molecule has 1 aliphatic carbocycles. The maximum Gasteiger partial charge on any atom is 0.236 e. The molecule has 18 heavy (non-hydrogen) atoms. The van der Waals surface area contributed by atoms with Crippen molar-refractivity contribution in [1.82, 2.24) is 10.2 Å². The number of amides is 1. The van der Waals surface area contributed by atoms with Crippen LogP contribution in [0.4, 0.5) is 0 Å². The van der Waals surface area contributed by atoms with E-state index in [1.807, 2.05) is 6.92 Å². The molecule has 0 bridgehead atoms. The molecule has 0 spiro atoms. The zero-order chi connectivity index (χ0) is 13.6. The first-order valence-corrected chi connectivity index (χ1v) is 7.18. The number of likely N-dealkylation sites (N-methyl/N-ethyl adjacent to an activating group) is 1. The van der Waals surface area contributed by atoms with Crippen LogP contribution in [0.1, 0.15) is 46.0 Å². The molecule has 0 aromatic rings. The van der Waals surface area contributed by atoms with Gasteiger partial charge in [0.2, 0.25) is 5.91 Å². The van der Waals surface area contributed by atoms with Gasteiger partial charge in [-0.1, -0.05) is 13.3 Å². The van der Waals surface area contributed by atoms with Gasteiger partial charge in [-0.15, -0.1) is 0 Å². The van der Waals surface area contributed by atoms with Gasteiger partial charge in [-0.3, -0.25) is 4.79 Å². The van der Waals surface area contributed by atoms with Crippen molar-refractivity contribution in [2.45, 2.75) is 51.6 Å². The minimum atomic E-state index is -0.600. The van der Waals surface area contributed by atoms with Crippen molar-refractivity contribution in [2.75, 3.05) is 26.7 Å². The summed E-state index contributed by atoms with van der Waals surface area (Å²) in [6.45, 7) is 5.75. The van der Waals surface area contributed by atoms with Gasteiger partial charge >= 0.3 is 0 Å². The van der Waals surface area contributed by atoms with Gasteiger partial charge in [-0.25, -0.2) is 0 Å². The molecule has 0 aromatic heterocycles. The summed E-state index contributed by atoms with van der Waals surface area (Å²) in [4.78, 5) is 13.3. The average molecular weight is 256 g/mol. The Hall–Kier alpha value is -0.610.